The fourth-order valence-corrected chi connectivity index (χ4v) is 10.8. The second kappa shape index (κ2) is 16.2. The van der Waals surface area contributed by atoms with Crippen molar-refractivity contribution in [2.45, 2.75) is 48.1 Å². The van der Waals surface area contributed by atoms with Gasteiger partial charge in [0.2, 0.25) is 5.91 Å². The number of methoxy groups -OCH3 is 1. The van der Waals surface area contributed by atoms with E-state index in [0.29, 0.717) is 12.4 Å². The molecule has 0 bridgehead atoms. The first kappa shape index (κ1) is 39.3. The van der Waals surface area contributed by atoms with Gasteiger partial charge in [-0.2, -0.15) is 0 Å². The SMILES string of the molecule is COc1ccc(Cn2nnnc2C2N3C(=O)C(NC(c4ccc(-c5ccccc5)cc4)(c4ccc(-c5ccccc5)cc4)c4ccc(-c5ccccc5)cc4)C3SC2(C)C)cc1. The number of carbonyl (C=O) groups excluding carboxylic acids is 1. The van der Waals surface area contributed by atoms with E-state index in [2.05, 4.69) is 180 Å². The zero-order valence-electron chi connectivity index (χ0n) is 34.8. The molecule has 3 heterocycles. The summed E-state index contributed by atoms with van der Waals surface area (Å²) in [6.07, 6.45) is 0. The van der Waals surface area contributed by atoms with Crippen LogP contribution in [0.3, 0.4) is 0 Å². The highest BCUT2D eigenvalue weighted by Crippen LogP contribution is 2.58. The predicted octanol–water partition coefficient (Wildman–Crippen LogP) is 10.4. The zero-order chi connectivity index (χ0) is 42.3. The van der Waals surface area contributed by atoms with Crippen molar-refractivity contribution >= 4 is 17.7 Å². The molecule has 2 saturated heterocycles. The smallest absolute Gasteiger partial charge is 0.244 e. The van der Waals surface area contributed by atoms with Gasteiger partial charge in [-0.15, -0.1) is 16.9 Å². The normalized spacial score (nSPS) is 18.0. The number of hydrogen-bond donors (Lipinski definition) is 1. The first-order valence-electron chi connectivity index (χ1n) is 21.0. The molecule has 1 aromatic heterocycles. The van der Waals surface area contributed by atoms with Gasteiger partial charge < -0.3 is 9.64 Å². The number of carbonyl (C=O) groups is 1. The topological polar surface area (TPSA) is 85.2 Å². The summed E-state index contributed by atoms with van der Waals surface area (Å²) >= 11 is 1.80. The van der Waals surface area contributed by atoms with Crippen molar-refractivity contribution in [3.8, 4) is 39.1 Å². The van der Waals surface area contributed by atoms with Gasteiger partial charge in [0.15, 0.2) is 5.82 Å². The van der Waals surface area contributed by atoms with Crippen LogP contribution in [0, 0.1) is 0 Å². The average molecular weight is 831 g/mol. The number of nitrogens with one attached hydrogen (secondary N) is 1. The Balaban J connectivity index is 1.07. The monoisotopic (exact) mass is 830 g/mol. The highest BCUT2D eigenvalue weighted by atomic mass is 32.2. The third-order valence-electron chi connectivity index (χ3n) is 12.4. The van der Waals surface area contributed by atoms with Crippen molar-refractivity contribution < 1.29 is 9.53 Å². The van der Waals surface area contributed by atoms with Gasteiger partial charge in [-0.25, -0.2) is 4.68 Å². The van der Waals surface area contributed by atoms with E-state index in [4.69, 9.17) is 4.74 Å². The van der Waals surface area contributed by atoms with Crippen molar-refractivity contribution in [2.24, 2.45) is 0 Å². The lowest BCUT2D eigenvalue weighted by Gasteiger charge is -2.49. The predicted molar refractivity (Wildman–Crippen MR) is 247 cm³/mol. The second-order valence-corrected chi connectivity index (χ2v) is 18.3. The van der Waals surface area contributed by atoms with E-state index in [1.165, 1.54) is 0 Å². The molecule has 3 unspecified atom stereocenters. The van der Waals surface area contributed by atoms with E-state index in [9.17, 15) is 0 Å². The first-order chi connectivity index (χ1) is 30.3. The minimum absolute atomic E-state index is 0.0177. The van der Waals surface area contributed by atoms with E-state index in [-0.39, 0.29) is 17.3 Å². The summed E-state index contributed by atoms with van der Waals surface area (Å²) in [5, 5.41) is 17.0. The summed E-state index contributed by atoms with van der Waals surface area (Å²) in [4.78, 5) is 17.0. The van der Waals surface area contributed by atoms with Gasteiger partial charge in [0, 0.05) is 4.75 Å². The quantitative estimate of drug-likeness (QED) is 0.0970. The van der Waals surface area contributed by atoms with E-state index in [1.807, 2.05) is 52.0 Å². The average Bonchev–Trinajstić information content (AvgIpc) is 3.89. The summed E-state index contributed by atoms with van der Waals surface area (Å²) in [6.45, 7) is 4.85. The van der Waals surface area contributed by atoms with Gasteiger partial charge in [0.05, 0.1) is 19.2 Å². The molecule has 2 aliphatic heterocycles. The van der Waals surface area contributed by atoms with Crippen molar-refractivity contribution in [1.29, 1.82) is 0 Å². The van der Waals surface area contributed by atoms with Crippen LogP contribution in [0.5, 0.6) is 5.75 Å². The summed E-state index contributed by atoms with van der Waals surface area (Å²) in [7, 11) is 1.66. The zero-order valence-corrected chi connectivity index (χ0v) is 35.6. The minimum atomic E-state index is -0.926. The van der Waals surface area contributed by atoms with Gasteiger partial charge in [0.25, 0.3) is 0 Å². The Morgan fingerprint density at radius 2 is 1.05 bits per heavy atom. The van der Waals surface area contributed by atoms with E-state index < -0.39 is 16.3 Å². The van der Waals surface area contributed by atoms with E-state index >= 15 is 4.79 Å². The van der Waals surface area contributed by atoms with Crippen LogP contribution in [-0.2, 0) is 16.9 Å². The van der Waals surface area contributed by atoms with Crippen LogP contribution >= 0.6 is 11.8 Å². The van der Waals surface area contributed by atoms with Crippen LogP contribution < -0.4 is 10.1 Å². The molecule has 0 spiro atoms. The molecule has 0 aliphatic carbocycles. The Hall–Kier alpha value is -6.81. The van der Waals surface area contributed by atoms with Crippen molar-refractivity contribution in [3.63, 3.8) is 0 Å². The second-order valence-electron chi connectivity index (χ2n) is 16.5. The van der Waals surface area contributed by atoms with Crippen LogP contribution in [0.1, 0.15) is 48.0 Å². The molecular formula is C53H46N6O2S. The molecule has 1 N–H and O–H groups in total. The third kappa shape index (κ3) is 7.07. The summed E-state index contributed by atoms with van der Waals surface area (Å²) < 4.78 is 6.82. The summed E-state index contributed by atoms with van der Waals surface area (Å²) in [5.74, 6) is 1.47. The van der Waals surface area contributed by atoms with Gasteiger partial charge in [-0.3, -0.25) is 10.1 Å². The first-order valence-corrected chi connectivity index (χ1v) is 21.8. The number of tetrazole rings is 1. The number of fused-ring (bicyclic) bond motifs is 1. The van der Waals surface area contributed by atoms with Crippen LogP contribution in [0.2, 0.25) is 0 Å². The Bertz CT molecular complexity index is 2600. The molecule has 62 heavy (non-hydrogen) atoms. The maximum Gasteiger partial charge on any atom is 0.244 e. The van der Waals surface area contributed by atoms with Crippen molar-refractivity contribution in [3.05, 3.63) is 216 Å². The molecule has 0 saturated carbocycles. The molecule has 2 aliphatic rings. The fourth-order valence-electron chi connectivity index (χ4n) is 9.20. The maximum absolute atomic E-state index is 15.0. The number of amides is 1. The number of β-lactam (4-membered cyclic amide) rings is 1. The molecule has 1 amide bonds. The van der Waals surface area contributed by atoms with Gasteiger partial charge >= 0.3 is 0 Å². The lowest BCUT2D eigenvalue weighted by molar-refractivity contribution is -0.150. The van der Waals surface area contributed by atoms with Gasteiger partial charge in [-0.1, -0.05) is 176 Å². The molecule has 9 heteroatoms. The molecule has 7 aromatic carbocycles. The highest BCUT2D eigenvalue weighted by Gasteiger charge is 2.64. The summed E-state index contributed by atoms with van der Waals surface area (Å²) in [6, 6.07) is 64.8. The van der Waals surface area contributed by atoms with Crippen LogP contribution in [-0.4, -0.2) is 54.3 Å². The molecule has 0 radical (unpaired) electrons. The molecule has 8 aromatic rings. The molecule has 306 valence electrons. The Morgan fingerprint density at radius 1 is 0.613 bits per heavy atom. The Morgan fingerprint density at radius 3 is 1.48 bits per heavy atom. The fraction of sp³-hybridized carbons (Fsp3) is 0.170. The lowest BCUT2D eigenvalue weighted by Crippen LogP contribution is -2.70. The summed E-state index contributed by atoms with van der Waals surface area (Å²) in [5.41, 5.74) is 10.0. The van der Waals surface area contributed by atoms with Crippen molar-refractivity contribution in [1.82, 2.24) is 30.4 Å². The van der Waals surface area contributed by atoms with Crippen LogP contribution in [0.25, 0.3) is 33.4 Å². The number of nitrogens with zero attached hydrogens (tertiary/aromatic N) is 5. The molecule has 2 fully saturated rings. The third-order valence-corrected chi connectivity index (χ3v) is 14.0. The molecule has 10 rings (SSSR count). The maximum atomic E-state index is 15.0. The van der Waals surface area contributed by atoms with Gasteiger partial charge in [-0.05, 0) is 92.0 Å². The van der Waals surface area contributed by atoms with Crippen LogP contribution in [0.4, 0.5) is 0 Å². The number of rotatable bonds is 12. The van der Waals surface area contributed by atoms with Crippen molar-refractivity contribution in [2.75, 3.05) is 7.11 Å². The largest absolute Gasteiger partial charge is 0.497 e. The molecule has 3 atom stereocenters. The number of benzene rings is 7. The standard InChI is InChI=1S/C53H46N6O2S/c1-52(2)48(49-55-56-57-58(49)35-36-19-33-46(61-3)34-20-36)59-50(60)47(51(59)62-52)54-53(43-27-21-40(22-28-43)37-13-7-4-8-14-37,44-29-23-41(24-30-44)38-15-9-5-10-16-38)45-31-25-42(26-32-45)39-17-11-6-12-18-39/h4-34,47-48,51,54H,35H2,1-3H3. The van der Waals surface area contributed by atoms with E-state index in [1.54, 1.807) is 18.9 Å². The number of aromatic nitrogens is 4. The minimum Gasteiger partial charge on any atom is -0.497 e. The van der Waals surface area contributed by atoms with Crippen LogP contribution in [0.15, 0.2) is 188 Å². The molecular weight excluding hydrogens is 785 g/mol. The number of hydrogen-bond acceptors (Lipinski definition) is 7. The Labute approximate surface area is 366 Å². The Kier molecular flexibility index (Phi) is 10.3. The number of thioether (sulfide) groups is 1. The highest BCUT2D eigenvalue weighted by molar-refractivity contribution is 8.01. The van der Waals surface area contributed by atoms with Gasteiger partial charge in [0.1, 0.15) is 23.2 Å². The number of ether oxygens (including phenoxy) is 1. The molecule has 8 nitrogen and oxygen atoms in total. The lowest BCUT2D eigenvalue weighted by atomic mass is 9.75. The van der Waals surface area contributed by atoms with E-state index in [0.717, 1.165) is 61.4 Å².